The van der Waals surface area contributed by atoms with Crippen LogP contribution in [0.3, 0.4) is 0 Å². The van der Waals surface area contributed by atoms with E-state index in [0.717, 1.165) is 11.0 Å². The van der Waals surface area contributed by atoms with E-state index in [-0.39, 0.29) is 0 Å². The molecule has 0 bridgehead atoms. The summed E-state index contributed by atoms with van der Waals surface area (Å²) < 4.78 is 1.79. The van der Waals surface area contributed by atoms with Gasteiger partial charge in [0.1, 0.15) is 6.33 Å². The fourth-order valence-corrected chi connectivity index (χ4v) is 1.26. The van der Waals surface area contributed by atoms with Crippen LogP contribution in [-0.2, 0) is 5.33 Å². The van der Waals surface area contributed by atoms with Crippen molar-refractivity contribution in [2.24, 2.45) is 0 Å². The van der Waals surface area contributed by atoms with Gasteiger partial charge in [-0.3, -0.25) is 4.57 Å². The predicted molar refractivity (Wildman–Crippen MR) is 51.8 cm³/mol. The predicted octanol–water partition coefficient (Wildman–Crippen LogP) is 1.56. The van der Waals surface area contributed by atoms with Crippen LogP contribution in [0.25, 0.3) is 5.95 Å². The summed E-state index contributed by atoms with van der Waals surface area (Å²) in [6.07, 6.45) is 7.00. The van der Waals surface area contributed by atoms with Crippen LogP contribution in [0.15, 0.2) is 31.0 Å². The average molecular weight is 239 g/mol. The molecule has 0 saturated heterocycles. The summed E-state index contributed by atoms with van der Waals surface area (Å²) in [5, 5.41) is 0.743. The minimum Gasteiger partial charge on any atom is -0.274 e. The van der Waals surface area contributed by atoms with Crippen LogP contribution in [0.1, 0.15) is 5.69 Å². The van der Waals surface area contributed by atoms with Crippen molar-refractivity contribution >= 4 is 15.9 Å². The van der Waals surface area contributed by atoms with E-state index in [1.807, 2.05) is 6.20 Å². The van der Waals surface area contributed by atoms with Crippen LogP contribution in [0, 0.1) is 0 Å². The van der Waals surface area contributed by atoms with Gasteiger partial charge in [-0.2, -0.15) is 0 Å². The van der Waals surface area contributed by atoms with E-state index in [2.05, 4.69) is 30.9 Å². The maximum atomic E-state index is 4.15. The molecule has 0 spiro atoms. The Bertz CT molecular complexity index is 384. The van der Waals surface area contributed by atoms with Gasteiger partial charge in [-0.05, 0) is 6.07 Å². The molecule has 0 aromatic carbocycles. The monoisotopic (exact) mass is 238 g/mol. The Labute approximate surface area is 83.8 Å². The van der Waals surface area contributed by atoms with E-state index < -0.39 is 0 Å². The molecule has 0 aliphatic heterocycles. The molecule has 0 aliphatic rings. The van der Waals surface area contributed by atoms with Gasteiger partial charge in [0.05, 0.1) is 5.69 Å². The molecule has 0 N–H and O–H groups in total. The summed E-state index contributed by atoms with van der Waals surface area (Å²) in [5.41, 5.74) is 0.965. The molecule has 66 valence electrons. The van der Waals surface area contributed by atoms with Crippen molar-refractivity contribution in [1.29, 1.82) is 0 Å². The third kappa shape index (κ3) is 1.75. The topological polar surface area (TPSA) is 43.6 Å². The molecule has 4 nitrogen and oxygen atoms in total. The van der Waals surface area contributed by atoms with Crippen molar-refractivity contribution in [3.63, 3.8) is 0 Å². The molecule has 0 aliphatic carbocycles. The van der Waals surface area contributed by atoms with Crippen LogP contribution < -0.4 is 0 Å². The van der Waals surface area contributed by atoms with Gasteiger partial charge in [0, 0.05) is 23.9 Å². The smallest absolute Gasteiger partial charge is 0.234 e. The fourth-order valence-electron chi connectivity index (χ4n) is 0.967. The lowest BCUT2D eigenvalue weighted by Gasteiger charge is -1.96. The maximum Gasteiger partial charge on any atom is 0.234 e. The van der Waals surface area contributed by atoms with Crippen LogP contribution in [0.4, 0.5) is 0 Å². The van der Waals surface area contributed by atoms with Gasteiger partial charge in [0.25, 0.3) is 0 Å². The Kier molecular flexibility index (Phi) is 2.35. The Morgan fingerprint density at radius 2 is 2.00 bits per heavy atom. The highest BCUT2D eigenvalue weighted by Gasteiger charge is 1.99. The van der Waals surface area contributed by atoms with E-state index in [1.165, 1.54) is 0 Å². The van der Waals surface area contributed by atoms with E-state index in [0.29, 0.717) is 5.95 Å². The SMILES string of the molecule is BrCc1cn(-c2ncccn2)cn1. The maximum absolute atomic E-state index is 4.15. The number of imidazole rings is 1. The van der Waals surface area contributed by atoms with Gasteiger partial charge in [-0.1, -0.05) is 15.9 Å². The Hall–Kier alpha value is -1.23. The number of alkyl halides is 1. The zero-order valence-corrected chi connectivity index (χ0v) is 8.35. The minimum atomic E-state index is 0.641. The van der Waals surface area contributed by atoms with Crippen molar-refractivity contribution in [3.8, 4) is 5.95 Å². The quantitative estimate of drug-likeness (QED) is 0.747. The number of aromatic nitrogens is 4. The lowest BCUT2D eigenvalue weighted by Crippen LogP contribution is -1.96. The van der Waals surface area contributed by atoms with Crippen molar-refractivity contribution in [2.75, 3.05) is 0 Å². The number of rotatable bonds is 2. The molecule has 0 unspecified atom stereocenters. The van der Waals surface area contributed by atoms with Gasteiger partial charge in [0.2, 0.25) is 5.95 Å². The summed E-state index contributed by atoms with van der Waals surface area (Å²) in [4.78, 5) is 12.3. The number of hydrogen-bond acceptors (Lipinski definition) is 3. The highest BCUT2D eigenvalue weighted by atomic mass is 79.9. The van der Waals surface area contributed by atoms with E-state index in [9.17, 15) is 0 Å². The van der Waals surface area contributed by atoms with Crippen LogP contribution >= 0.6 is 15.9 Å². The van der Waals surface area contributed by atoms with Gasteiger partial charge in [0.15, 0.2) is 0 Å². The Balaban J connectivity index is 2.36. The molecule has 13 heavy (non-hydrogen) atoms. The highest BCUT2D eigenvalue weighted by molar-refractivity contribution is 9.08. The standard InChI is InChI=1S/C8H7BrN4/c9-4-7-5-13(6-12-7)8-10-2-1-3-11-8/h1-3,5-6H,4H2. The molecule has 0 saturated carbocycles. The first kappa shape index (κ1) is 8.37. The van der Waals surface area contributed by atoms with Gasteiger partial charge in [-0.15, -0.1) is 0 Å². The van der Waals surface area contributed by atoms with Crippen LogP contribution in [-0.4, -0.2) is 19.5 Å². The lowest BCUT2D eigenvalue weighted by molar-refractivity contribution is 0.925. The molecule has 0 amide bonds. The molecule has 5 heteroatoms. The average Bonchev–Trinajstić information content (AvgIpc) is 2.67. The van der Waals surface area contributed by atoms with Crippen molar-refractivity contribution in [1.82, 2.24) is 19.5 Å². The first-order valence-corrected chi connectivity index (χ1v) is 4.88. The van der Waals surface area contributed by atoms with Crippen LogP contribution in [0.5, 0.6) is 0 Å². The van der Waals surface area contributed by atoms with Gasteiger partial charge < -0.3 is 0 Å². The second-order valence-electron chi connectivity index (χ2n) is 2.45. The van der Waals surface area contributed by atoms with E-state index in [1.54, 1.807) is 29.4 Å². The summed E-state index contributed by atoms with van der Waals surface area (Å²) in [7, 11) is 0. The summed E-state index contributed by atoms with van der Waals surface area (Å²) in [6.45, 7) is 0. The third-order valence-corrected chi connectivity index (χ3v) is 2.13. The molecule has 2 heterocycles. The largest absolute Gasteiger partial charge is 0.274 e. The number of hydrogen-bond donors (Lipinski definition) is 0. The van der Waals surface area contributed by atoms with Crippen molar-refractivity contribution < 1.29 is 0 Å². The third-order valence-electron chi connectivity index (χ3n) is 1.56. The summed E-state index contributed by atoms with van der Waals surface area (Å²) >= 11 is 3.33. The summed E-state index contributed by atoms with van der Waals surface area (Å²) in [6, 6.07) is 1.78. The molecule has 2 rings (SSSR count). The fraction of sp³-hybridized carbons (Fsp3) is 0.125. The zero-order valence-electron chi connectivity index (χ0n) is 6.76. The first-order chi connectivity index (χ1) is 6.40. The zero-order chi connectivity index (χ0) is 9.10. The van der Waals surface area contributed by atoms with E-state index >= 15 is 0 Å². The molecule has 2 aromatic rings. The van der Waals surface area contributed by atoms with Crippen LogP contribution in [0.2, 0.25) is 0 Å². The Morgan fingerprint density at radius 3 is 2.62 bits per heavy atom. The number of halogens is 1. The summed E-state index contributed by atoms with van der Waals surface area (Å²) in [5.74, 6) is 0.641. The first-order valence-electron chi connectivity index (χ1n) is 3.76. The van der Waals surface area contributed by atoms with Gasteiger partial charge in [-0.25, -0.2) is 15.0 Å². The second-order valence-corrected chi connectivity index (χ2v) is 3.02. The van der Waals surface area contributed by atoms with E-state index in [4.69, 9.17) is 0 Å². The number of nitrogens with zero attached hydrogens (tertiary/aromatic N) is 4. The molecular weight excluding hydrogens is 232 g/mol. The Morgan fingerprint density at radius 1 is 1.23 bits per heavy atom. The van der Waals surface area contributed by atoms with Crippen molar-refractivity contribution in [3.05, 3.63) is 36.7 Å². The molecule has 0 radical (unpaired) electrons. The highest BCUT2D eigenvalue weighted by Crippen LogP contribution is 2.04. The molecule has 2 aromatic heterocycles. The lowest BCUT2D eigenvalue weighted by atomic mass is 10.6. The molecular formula is C8H7BrN4. The normalized spacial score (nSPS) is 10.2. The minimum absolute atomic E-state index is 0.641. The second kappa shape index (κ2) is 3.66. The van der Waals surface area contributed by atoms with Gasteiger partial charge >= 0.3 is 0 Å². The molecule has 0 atom stereocenters. The van der Waals surface area contributed by atoms with Crippen molar-refractivity contribution in [2.45, 2.75) is 5.33 Å². The molecule has 0 fully saturated rings.